The van der Waals surface area contributed by atoms with E-state index in [9.17, 15) is 14.7 Å². The molecule has 7 heteroatoms. The molecule has 6 rings (SSSR count). The highest BCUT2D eigenvalue weighted by Crippen LogP contribution is 2.68. The third-order valence-electron chi connectivity index (χ3n) is 12.7. The van der Waals surface area contributed by atoms with Crippen LogP contribution in [-0.2, 0) is 16.1 Å². The number of aliphatic carboxylic acids is 1. The van der Waals surface area contributed by atoms with E-state index in [0.717, 1.165) is 83.8 Å². The van der Waals surface area contributed by atoms with Gasteiger partial charge in [0.05, 0.1) is 5.92 Å². The van der Waals surface area contributed by atoms with Crippen LogP contribution in [0.3, 0.4) is 0 Å². The van der Waals surface area contributed by atoms with Crippen molar-refractivity contribution in [2.75, 3.05) is 13.1 Å². The molecular formula is C33H49N3O4. The molecule has 4 saturated carbocycles. The van der Waals surface area contributed by atoms with E-state index in [1.165, 1.54) is 5.56 Å². The second-order valence-electron chi connectivity index (χ2n) is 14.4. The van der Waals surface area contributed by atoms with Crippen LogP contribution in [-0.4, -0.2) is 52.8 Å². The third kappa shape index (κ3) is 4.75. The molecule has 1 heterocycles. The van der Waals surface area contributed by atoms with Crippen LogP contribution in [0.15, 0.2) is 30.3 Å². The minimum atomic E-state index is -0.665. The summed E-state index contributed by atoms with van der Waals surface area (Å²) in [5.41, 5.74) is 8.09. The van der Waals surface area contributed by atoms with Gasteiger partial charge >= 0.3 is 12.1 Å². The predicted molar refractivity (Wildman–Crippen MR) is 154 cm³/mol. The molecule has 4 N–H and O–H groups in total. The number of rotatable bonds is 5. The number of carbonyl (C=O) groups is 2. The van der Waals surface area contributed by atoms with E-state index in [-0.39, 0.29) is 40.5 Å². The van der Waals surface area contributed by atoms with E-state index in [4.69, 9.17) is 10.5 Å². The second kappa shape index (κ2) is 10.6. The number of likely N-dealkylation sites (tertiary alicyclic amines) is 1. The van der Waals surface area contributed by atoms with E-state index in [2.05, 4.69) is 54.4 Å². The molecule has 1 aromatic carbocycles. The van der Waals surface area contributed by atoms with Gasteiger partial charge in [-0.15, -0.1) is 0 Å². The molecular weight excluding hydrogens is 502 g/mol. The smallest absolute Gasteiger partial charge is 0.407 e. The Balaban J connectivity index is 1.01. The summed E-state index contributed by atoms with van der Waals surface area (Å²) in [6.45, 7) is 7.57. The number of ether oxygens (including phenoxy) is 1. The van der Waals surface area contributed by atoms with Crippen LogP contribution in [0.4, 0.5) is 4.79 Å². The Labute approximate surface area is 239 Å². The number of carboxylic acids is 1. The predicted octanol–water partition coefficient (Wildman–Crippen LogP) is 5.57. The zero-order valence-electron chi connectivity index (χ0n) is 24.4. The van der Waals surface area contributed by atoms with Gasteiger partial charge in [0, 0.05) is 31.2 Å². The van der Waals surface area contributed by atoms with Crippen molar-refractivity contribution < 1.29 is 19.4 Å². The number of carbonyl (C=O) groups excluding carboxylic acids is 1. The fourth-order valence-electron chi connectivity index (χ4n) is 10.2. The van der Waals surface area contributed by atoms with Gasteiger partial charge in [0.15, 0.2) is 0 Å². The van der Waals surface area contributed by atoms with Crippen LogP contribution < -0.4 is 11.1 Å². The molecule has 0 radical (unpaired) electrons. The summed E-state index contributed by atoms with van der Waals surface area (Å²) in [7, 11) is 0. The summed E-state index contributed by atoms with van der Waals surface area (Å²) < 4.78 is 6.04. The van der Waals surface area contributed by atoms with E-state index >= 15 is 0 Å². The molecule has 5 fully saturated rings. The van der Waals surface area contributed by atoms with Gasteiger partial charge in [0.25, 0.3) is 0 Å². The van der Waals surface area contributed by atoms with Gasteiger partial charge in [0.2, 0.25) is 0 Å². The molecule has 220 valence electrons. The molecule has 1 aromatic rings. The lowest BCUT2D eigenvalue weighted by atomic mass is 9.42. The molecule has 40 heavy (non-hydrogen) atoms. The number of alkyl carbamates (subject to hydrolysis) is 1. The fraction of sp³-hybridized carbons (Fsp3) is 0.758. The Morgan fingerprint density at radius 3 is 2.45 bits per heavy atom. The van der Waals surface area contributed by atoms with Crippen molar-refractivity contribution in [2.24, 2.45) is 40.2 Å². The summed E-state index contributed by atoms with van der Waals surface area (Å²) in [4.78, 5) is 27.4. The lowest BCUT2D eigenvalue weighted by molar-refractivity contribution is -0.157. The zero-order chi connectivity index (χ0) is 28.1. The molecule has 0 bridgehead atoms. The Kier molecular flexibility index (Phi) is 7.44. The number of fused-ring (bicyclic) bond motifs is 5. The lowest BCUT2D eigenvalue weighted by Gasteiger charge is -2.64. The fourth-order valence-corrected chi connectivity index (χ4v) is 10.2. The summed E-state index contributed by atoms with van der Waals surface area (Å²) in [6.07, 6.45) is 10.3. The summed E-state index contributed by atoms with van der Waals surface area (Å²) in [5, 5.41) is 13.1. The SMILES string of the molecule is C[C@]12CC[C@H](OC(=O)NC3CCN(Cc4ccccc4)CC3)C[C@H]1CC[C@@H]1[C@@H]2CC[C@]2(C)[C@@H](C(=O)O)CC[C@]12N. The van der Waals surface area contributed by atoms with Crippen LogP contribution in [0.2, 0.25) is 0 Å². The number of hydrogen-bond donors (Lipinski definition) is 3. The molecule has 1 amide bonds. The van der Waals surface area contributed by atoms with E-state index in [1.54, 1.807) is 0 Å². The second-order valence-corrected chi connectivity index (χ2v) is 14.4. The summed E-state index contributed by atoms with van der Waals surface area (Å²) in [5.74, 6) is 0.480. The standard InChI is InChI=1S/C33H49N3O4/c1-31-15-10-25(40-30(39)35-24-13-18-36(19-14-24)21-22-6-4-3-5-7-22)20-23(31)8-9-27-26(31)11-16-32(2)28(29(37)38)12-17-33(27,32)34/h3-7,23-28H,8-21,34H2,1-2H3,(H,35,39)(H,37,38)/t23-,25+,26+,27-,28-,31+,32-,33+/m1/s1. The monoisotopic (exact) mass is 551 g/mol. The van der Waals surface area contributed by atoms with Gasteiger partial charge in [-0.3, -0.25) is 9.69 Å². The average molecular weight is 552 g/mol. The van der Waals surface area contributed by atoms with Crippen molar-refractivity contribution in [1.29, 1.82) is 0 Å². The molecule has 0 spiro atoms. The van der Waals surface area contributed by atoms with E-state index < -0.39 is 5.97 Å². The van der Waals surface area contributed by atoms with Crippen LogP contribution in [0, 0.1) is 34.5 Å². The van der Waals surface area contributed by atoms with Crippen molar-refractivity contribution in [3.8, 4) is 0 Å². The number of carboxylic acid groups (broad SMARTS) is 1. The number of amides is 1. The van der Waals surface area contributed by atoms with Gasteiger partial charge in [0.1, 0.15) is 6.10 Å². The maximum absolute atomic E-state index is 12.9. The zero-order valence-corrected chi connectivity index (χ0v) is 24.4. The average Bonchev–Trinajstić information content (AvgIpc) is 3.22. The minimum absolute atomic E-state index is 0.0173. The van der Waals surface area contributed by atoms with Crippen molar-refractivity contribution in [2.45, 2.75) is 109 Å². The number of benzene rings is 1. The normalized spacial score (nSPS) is 41.8. The first kappa shape index (κ1) is 28.0. The highest BCUT2D eigenvalue weighted by atomic mass is 16.6. The van der Waals surface area contributed by atoms with Gasteiger partial charge < -0.3 is 20.9 Å². The molecule has 4 aliphatic carbocycles. The first-order valence-corrected chi connectivity index (χ1v) is 15.9. The molecule has 7 nitrogen and oxygen atoms in total. The number of nitrogens with zero attached hydrogens (tertiary/aromatic N) is 1. The molecule has 0 aromatic heterocycles. The molecule has 1 aliphatic heterocycles. The molecule has 8 atom stereocenters. The van der Waals surface area contributed by atoms with Gasteiger partial charge in [-0.05, 0) is 105 Å². The van der Waals surface area contributed by atoms with Crippen LogP contribution in [0.25, 0.3) is 0 Å². The number of hydrogen-bond acceptors (Lipinski definition) is 5. The van der Waals surface area contributed by atoms with Gasteiger partial charge in [-0.2, -0.15) is 0 Å². The lowest BCUT2D eigenvalue weighted by Crippen LogP contribution is -2.66. The van der Waals surface area contributed by atoms with E-state index in [1.807, 2.05) is 0 Å². The Morgan fingerprint density at radius 2 is 1.73 bits per heavy atom. The van der Waals surface area contributed by atoms with Crippen LogP contribution in [0.5, 0.6) is 0 Å². The number of nitrogens with two attached hydrogens (primary N) is 1. The maximum Gasteiger partial charge on any atom is 0.407 e. The summed E-state index contributed by atoms with van der Waals surface area (Å²) in [6, 6.07) is 10.8. The van der Waals surface area contributed by atoms with Crippen molar-refractivity contribution in [3.05, 3.63) is 35.9 Å². The van der Waals surface area contributed by atoms with Gasteiger partial charge in [-0.1, -0.05) is 44.2 Å². The third-order valence-corrected chi connectivity index (χ3v) is 12.7. The largest absolute Gasteiger partial charge is 0.481 e. The molecule has 0 unspecified atom stereocenters. The topological polar surface area (TPSA) is 105 Å². The Hall–Kier alpha value is -2.12. The highest BCUT2D eigenvalue weighted by Gasteiger charge is 2.67. The number of nitrogens with one attached hydrogen (secondary N) is 1. The highest BCUT2D eigenvalue weighted by molar-refractivity contribution is 5.72. The summed E-state index contributed by atoms with van der Waals surface area (Å²) >= 11 is 0. The quantitative estimate of drug-likeness (QED) is 0.442. The Bertz CT molecular complexity index is 1090. The molecule has 5 aliphatic rings. The number of piperidine rings is 1. The first-order chi connectivity index (χ1) is 19.1. The van der Waals surface area contributed by atoms with Crippen molar-refractivity contribution >= 4 is 12.1 Å². The van der Waals surface area contributed by atoms with Gasteiger partial charge in [-0.25, -0.2) is 4.79 Å². The maximum atomic E-state index is 12.9. The van der Waals surface area contributed by atoms with Crippen LogP contribution >= 0.6 is 0 Å². The Morgan fingerprint density at radius 1 is 0.975 bits per heavy atom. The van der Waals surface area contributed by atoms with Crippen molar-refractivity contribution in [1.82, 2.24) is 10.2 Å². The molecule has 1 saturated heterocycles. The minimum Gasteiger partial charge on any atom is -0.481 e. The first-order valence-electron chi connectivity index (χ1n) is 15.9. The van der Waals surface area contributed by atoms with Crippen LogP contribution in [0.1, 0.15) is 90.0 Å². The van der Waals surface area contributed by atoms with E-state index in [0.29, 0.717) is 24.2 Å². The van der Waals surface area contributed by atoms with Crippen molar-refractivity contribution in [3.63, 3.8) is 0 Å².